The summed E-state index contributed by atoms with van der Waals surface area (Å²) in [5, 5.41) is 34.9. The summed E-state index contributed by atoms with van der Waals surface area (Å²) in [6.07, 6.45) is -1.13. The van der Waals surface area contributed by atoms with Gasteiger partial charge in [0, 0.05) is 0 Å². The Labute approximate surface area is 186 Å². The summed E-state index contributed by atoms with van der Waals surface area (Å²) >= 11 is 0. The van der Waals surface area contributed by atoms with Gasteiger partial charge in [-0.15, -0.1) is 0 Å². The van der Waals surface area contributed by atoms with Gasteiger partial charge in [0.2, 0.25) is 0 Å². The maximum Gasteiger partial charge on any atom is 0.508 e. The summed E-state index contributed by atoms with van der Waals surface area (Å²) in [5.74, 6) is -4.74. The minimum Gasteiger partial charge on any atom is -0.466 e. The molecule has 0 aliphatic carbocycles. The molecule has 4 N–H and O–H groups in total. The third-order valence-electron chi connectivity index (χ3n) is 3.55. The lowest BCUT2D eigenvalue weighted by molar-refractivity contribution is -0.152. The SMILES string of the molecule is CCOC(=O)C(CO)CO.CCOC(=O)C(CO)COC(=O)OCC(CO)C(=O)OCC. The fourth-order valence-electron chi connectivity index (χ4n) is 1.76. The van der Waals surface area contributed by atoms with Crippen LogP contribution in [-0.2, 0) is 38.1 Å². The molecule has 0 saturated heterocycles. The first-order valence-corrected chi connectivity index (χ1v) is 9.98. The van der Waals surface area contributed by atoms with E-state index in [1.807, 2.05) is 0 Å². The van der Waals surface area contributed by atoms with Crippen LogP contribution >= 0.6 is 0 Å². The number of carbonyl (C=O) groups excluding carboxylic acids is 4. The molecule has 188 valence electrons. The molecule has 0 bridgehead atoms. The van der Waals surface area contributed by atoms with E-state index < -0.39 is 68.2 Å². The highest BCUT2D eigenvalue weighted by Gasteiger charge is 2.24. The molecule has 0 amide bonds. The zero-order valence-corrected chi connectivity index (χ0v) is 18.6. The van der Waals surface area contributed by atoms with Crippen LogP contribution in [-0.4, -0.2) is 104 Å². The number of rotatable bonds is 14. The maximum absolute atomic E-state index is 11.4. The van der Waals surface area contributed by atoms with Crippen LogP contribution in [0.4, 0.5) is 4.79 Å². The Balaban J connectivity index is 0. The first-order valence-electron chi connectivity index (χ1n) is 9.98. The van der Waals surface area contributed by atoms with Gasteiger partial charge in [0.15, 0.2) is 0 Å². The highest BCUT2D eigenvalue weighted by molar-refractivity contribution is 5.74. The molecule has 0 rings (SSSR count). The van der Waals surface area contributed by atoms with E-state index in [4.69, 9.17) is 20.4 Å². The third kappa shape index (κ3) is 14.5. The average molecular weight is 470 g/mol. The number of esters is 3. The molecule has 0 radical (unpaired) electrons. The van der Waals surface area contributed by atoms with Gasteiger partial charge in [-0.1, -0.05) is 0 Å². The van der Waals surface area contributed by atoms with E-state index in [9.17, 15) is 19.2 Å². The van der Waals surface area contributed by atoms with Gasteiger partial charge in [-0.2, -0.15) is 0 Å². The number of hydrogen-bond donors (Lipinski definition) is 4. The molecule has 0 heterocycles. The van der Waals surface area contributed by atoms with E-state index in [0.29, 0.717) is 0 Å². The first-order chi connectivity index (χ1) is 15.2. The van der Waals surface area contributed by atoms with Gasteiger partial charge in [-0.05, 0) is 20.8 Å². The van der Waals surface area contributed by atoms with Crippen LogP contribution in [0.2, 0.25) is 0 Å². The molecule has 0 aromatic heterocycles. The monoisotopic (exact) mass is 470 g/mol. The molecule has 13 heteroatoms. The number of ether oxygens (including phenoxy) is 5. The normalized spacial score (nSPS) is 12.0. The van der Waals surface area contributed by atoms with Crippen molar-refractivity contribution in [3.8, 4) is 0 Å². The predicted molar refractivity (Wildman–Crippen MR) is 106 cm³/mol. The molecule has 2 atom stereocenters. The molecule has 0 saturated carbocycles. The number of carbonyl (C=O) groups is 4. The lowest BCUT2D eigenvalue weighted by atomic mass is 10.2. The molecule has 32 heavy (non-hydrogen) atoms. The van der Waals surface area contributed by atoms with Crippen LogP contribution in [0.3, 0.4) is 0 Å². The number of hydrogen-bond acceptors (Lipinski definition) is 13. The van der Waals surface area contributed by atoms with Gasteiger partial charge in [0.1, 0.15) is 31.0 Å². The second kappa shape index (κ2) is 20.4. The van der Waals surface area contributed by atoms with Crippen molar-refractivity contribution in [3.05, 3.63) is 0 Å². The zero-order valence-electron chi connectivity index (χ0n) is 18.6. The zero-order chi connectivity index (χ0) is 24.9. The van der Waals surface area contributed by atoms with Crippen LogP contribution < -0.4 is 0 Å². The van der Waals surface area contributed by atoms with Crippen molar-refractivity contribution >= 4 is 24.1 Å². The van der Waals surface area contributed by atoms with Crippen molar-refractivity contribution in [1.82, 2.24) is 0 Å². The number of aliphatic hydroxyl groups excluding tert-OH is 4. The minimum atomic E-state index is -1.13. The van der Waals surface area contributed by atoms with Gasteiger partial charge < -0.3 is 44.1 Å². The van der Waals surface area contributed by atoms with Crippen molar-refractivity contribution in [2.24, 2.45) is 17.8 Å². The first kappa shape index (κ1) is 31.7. The van der Waals surface area contributed by atoms with Crippen molar-refractivity contribution in [2.45, 2.75) is 20.8 Å². The van der Waals surface area contributed by atoms with Gasteiger partial charge >= 0.3 is 24.1 Å². The summed E-state index contributed by atoms with van der Waals surface area (Å²) in [5.41, 5.74) is 0. The largest absolute Gasteiger partial charge is 0.508 e. The van der Waals surface area contributed by atoms with Gasteiger partial charge in [-0.25, -0.2) is 4.79 Å². The average Bonchev–Trinajstić information content (AvgIpc) is 2.76. The van der Waals surface area contributed by atoms with E-state index in [1.54, 1.807) is 20.8 Å². The van der Waals surface area contributed by atoms with Crippen LogP contribution in [0.25, 0.3) is 0 Å². The molecule has 0 fully saturated rings. The second-order valence-electron chi connectivity index (χ2n) is 5.95. The quantitative estimate of drug-likeness (QED) is 0.172. The summed E-state index contributed by atoms with van der Waals surface area (Å²) in [6, 6.07) is 0. The lowest BCUT2D eigenvalue weighted by Crippen LogP contribution is -2.30. The van der Waals surface area contributed by atoms with E-state index in [1.165, 1.54) is 0 Å². The number of aliphatic hydroxyl groups is 4. The molecule has 0 aromatic carbocycles. The van der Waals surface area contributed by atoms with Crippen LogP contribution in [0, 0.1) is 17.8 Å². The molecule has 0 aliphatic heterocycles. The van der Waals surface area contributed by atoms with E-state index in [0.717, 1.165) is 0 Å². The summed E-state index contributed by atoms with van der Waals surface area (Å²) < 4.78 is 23.2. The summed E-state index contributed by atoms with van der Waals surface area (Å²) in [6.45, 7) is 2.76. The Morgan fingerprint density at radius 3 is 1.06 bits per heavy atom. The van der Waals surface area contributed by atoms with Gasteiger partial charge in [-0.3, -0.25) is 14.4 Å². The van der Waals surface area contributed by atoms with Gasteiger partial charge in [0.25, 0.3) is 0 Å². The Kier molecular flexibility index (Phi) is 20.2. The molecular formula is C19H34O13. The molecule has 0 aliphatic rings. The van der Waals surface area contributed by atoms with Crippen LogP contribution in [0.1, 0.15) is 20.8 Å². The smallest absolute Gasteiger partial charge is 0.466 e. The Morgan fingerprint density at radius 2 is 0.812 bits per heavy atom. The van der Waals surface area contributed by atoms with Crippen molar-refractivity contribution in [3.63, 3.8) is 0 Å². The summed E-state index contributed by atoms with van der Waals surface area (Å²) in [7, 11) is 0. The summed E-state index contributed by atoms with van der Waals surface area (Å²) in [4.78, 5) is 44.7. The molecule has 13 nitrogen and oxygen atoms in total. The Hall–Kier alpha value is -2.48. The van der Waals surface area contributed by atoms with Crippen molar-refractivity contribution in [1.29, 1.82) is 0 Å². The molecule has 0 spiro atoms. The van der Waals surface area contributed by atoms with Crippen molar-refractivity contribution < 1.29 is 63.3 Å². The minimum absolute atomic E-state index is 0.136. The Bertz CT molecular complexity index is 501. The molecular weight excluding hydrogens is 436 g/mol. The predicted octanol–water partition coefficient (Wildman–Crippen LogP) is -1.37. The fourth-order valence-corrected chi connectivity index (χ4v) is 1.76. The maximum atomic E-state index is 11.4. The fraction of sp³-hybridized carbons (Fsp3) is 0.789. The molecule has 2 unspecified atom stereocenters. The van der Waals surface area contributed by atoms with Crippen LogP contribution in [0.15, 0.2) is 0 Å². The van der Waals surface area contributed by atoms with E-state index in [-0.39, 0.29) is 33.0 Å². The van der Waals surface area contributed by atoms with Gasteiger partial charge in [0.05, 0.1) is 46.2 Å². The topological polar surface area (TPSA) is 195 Å². The highest BCUT2D eigenvalue weighted by atomic mass is 16.7. The van der Waals surface area contributed by atoms with Crippen LogP contribution in [0.5, 0.6) is 0 Å². The van der Waals surface area contributed by atoms with E-state index >= 15 is 0 Å². The Morgan fingerprint density at radius 1 is 0.531 bits per heavy atom. The standard InChI is InChI=1S/C13H22O9.C6H12O4/c1-3-19-11(16)9(5-14)7-21-13(18)22-8-10(6-15)12(17)20-4-2;1-2-10-6(9)5(3-7)4-8/h9-10,14-15H,3-8H2,1-2H3;5,7-8H,2-4H2,1H3. The third-order valence-corrected chi connectivity index (χ3v) is 3.55. The lowest BCUT2D eigenvalue weighted by Gasteiger charge is -2.15. The van der Waals surface area contributed by atoms with Crippen molar-refractivity contribution in [2.75, 3.05) is 59.5 Å². The highest BCUT2D eigenvalue weighted by Crippen LogP contribution is 2.04. The second-order valence-corrected chi connectivity index (χ2v) is 5.95. The molecule has 0 aromatic rings. The van der Waals surface area contributed by atoms with E-state index in [2.05, 4.69) is 23.7 Å².